The Morgan fingerprint density at radius 3 is 2.71 bits per heavy atom. The standard InChI is InChI=1S/C23H29N3O2/c1-25(16-19-6-5-11-24-15-19)17-21-14-23(18-28-21)9-12-26(13-10-23)22(27)20-7-3-2-4-8-20/h2-8,11,15,21H,9-10,12-14,16-18H2,1H3/t21-/m0/s1. The van der Waals surface area contributed by atoms with E-state index in [9.17, 15) is 4.79 Å². The Kier molecular flexibility index (Phi) is 5.74. The molecule has 1 aromatic carbocycles. The summed E-state index contributed by atoms with van der Waals surface area (Å²) >= 11 is 0. The SMILES string of the molecule is CN(Cc1cccnc1)C[C@@H]1CC2(CCN(C(=O)c3ccccc3)CC2)CO1. The predicted molar refractivity (Wildman–Crippen MR) is 109 cm³/mol. The van der Waals surface area contributed by atoms with E-state index in [2.05, 4.69) is 23.0 Å². The molecule has 0 N–H and O–H groups in total. The summed E-state index contributed by atoms with van der Waals surface area (Å²) in [6.45, 7) is 4.31. The number of likely N-dealkylation sites (tertiary alicyclic amines) is 1. The number of amides is 1. The van der Waals surface area contributed by atoms with Gasteiger partial charge >= 0.3 is 0 Å². The summed E-state index contributed by atoms with van der Waals surface area (Å²) in [5.74, 6) is 0.155. The Morgan fingerprint density at radius 2 is 2.00 bits per heavy atom. The van der Waals surface area contributed by atoms with Crippen molar-refractivity contribution in [3.8, 4) is 0 Å². The second kappa shape index (κ2) is 8.41. The smallest absolute Gasteiger partial charge is 0.253 e. The summed E-state index contributed by atoms with van der Waals surface area (Å²) in [6, 6.07) is 13.7. The van der Waals surface area contributed by atoms with Gasteiger partial charge in [0, 0.05) is 44.1 Å². The third-order valence-electron chi connectivity index (χ3n) is 6.11. The van der Waals surface area contributed by atoms with E-state index in [4.69, 9.17) is 4.74 Å². The van der Waals surface area contributed by atoms with Crippen LogP contribution in [0.1, 0.15) is 35.2 Å². The van der Waals surface area contributed by atoms with Crippen LogP contribution >= 0.6 is 0 Å². The highest BCUT2D eigenvalue weighted by Crippen LogP contribution is 2.42. The van der Waals surface area contributed by atoms with Crippen molar-refractivity contribution in [3.63, 3.8) is 0 Å². The molecule has 148 valence electrons. The zero-order valence-electron chi connectivity index (χ0n) is 16.6. The molecule has 1 atom stereocenters. The highest BCUT2D eigenvalue weighted by molar-refractivity contribution is 5.94. The molecule has 0 unspecified atom stereocenters. The van der Waals surface area contributed by atoms with Crippen LogP contribution < -0.4 is 0 Å². The molecule has 5 heteroatoms. The van der Waals surface area contributed by atoms with Crippen LogP contribution in [0.4, 0.5) is 0 Å². The van der Waals surface area contributed by atoms with Gasteiger partial charge in [-0.2, -0.15) is 0 Å². The Balaban J connectivity index is 1.27. The van der Waals surface area contributed by atoms with Crippen LogP contribution in [-0.2, 0) is 11.3 Å². The number of aromatic nitrogens is 1. The molecule has 1 amide bonds. The first kappa shape index (κ1) is 19.1. The minimum Gasteiger partial charge on any atom is -0.376 e. The number of nitrogens with zero attached hydrogens (tertiary/aromatic N) is 3. The van der Waals surface area contributed by atoms with Gasteiger partial charge in [-0.05, 0) is 55.5 Å². The van der Waals surface area contributed by atoms with Crippen LogP contribution in [0.2, 0.25) is 0 Å². The Morgan fingerprint density at radius 1 is 1.21 bits per heavy atom. The van der Waals surface area contributed by atoms with Crippen molar-refractivity contribution in [1.29, 1.82) is 0 Å². The molecule has 0 saturated carbocycles. The molecule has 0 bridgehead atoms. The molecule has 1 spiro atoms. The fraction of sp³-hybridized carbons (Fsp3) is 0.478. The number of hydrogen-bond donors (Lipinski definition) is 0. The maximum absolute atomic E-state index is 12.7. The topological polar surface area (TPSA) is 45.7 Å². The average molecular weight is 380 g/mol. The summed E-state index contributed by atoms with van der Waals surface area (Å²) in [5, 5.41) is 0. The van der Waals surface area contributed by atoms with Crippen LogP contribution in [0.3, 0.4) is 0 Å². The van der Waals surface area contributed by atoms with Gasteiger partial charge in [-0.25, -0.2) is 0 Å². The van der Waals surface area contributed by atoms with E-state index in [0.29, 0.717) is 0 Å². The first-order valence-corrected chi connectivity index (χ1v) is 10.2. The zero-order chi connectivity index (χ0) is 19.4. The van der Waals surface area contributed by atoms with E-state index in [1.54, 1.807) is 0 Å². The molecule has 5 nitrogen and oxygen atoms in total. The highest BCUT2D eigenvalue weighted by atomic mass is 16.5. The van der Waals surface area contributed by atoms with E-state index in [-0.39, 0.29) is 17.4 Å². The lowest BCUT2D eigenvalue weighted by Crippen LogP contribution is -2.43. The summed E-state index contributed by atoms with van der Waals surface area (Å²) in [7, 11) is 2.14. The average Bonchev–Trinajstić information content (AvgIpc) is 3.11. The summed E-state index contributed by atoms with van der Waals surface area (Å²) in [6.07, 6.45) is 7.17. The maximum Gasteiger partial charge on any atom is 0.253 e. The van der Waals surface area contributed by atoms with Crippen molar-refractivity contribution in [3.05, 3.63) is 66.0 Å². The van der Waals surface area contributed by atoms with Crippen LogP contribution in [0.15, 0.2) is 54.9 Å². The summed E-state index contributed by atoms with van der Waals surface area (Å²) in [4.78, 5) is 21.2. The fourth-order valence-electron chi connectivity index (χ4n) is 4.52. The van der Waals surface area contributed by atoms with Gasteiger partial charge in [0.1, 0.15) is 0 Å². The van der Waals surface area contributed by atoms with E-state index in [1.165, 1.54) is 5.56 Å². The van der Waals surface area contributed by atoms with Crippen molar-refractivity contribution in [2.45, 2.75) is 31.9 Å². The quantitative estimate of drug-likeness (QED) is 0.800. The lowest BCUT2D eigenvalue weighted by atomic mass is 9.76. The second-order valence-electron chi connectivity index (χ2n) is 8.35. The molecular formula is C23H29N3O2. The number of carbonyl (C=O) groups excluding carboxylic acids is 1. The fourth-order valence-corrected chi connectivity index (χ4v) is 4.52. The third-order valence-corrected chi connectivity index (χ3v) is 6.11. The number of hydrogen-bond acceptors (Lipinski definition) is 4. The maximum atomic E-state index is 12.7. The van der Waals surface area contributed by atoms with E-state index in [0.717, 1.165) is 57.6 Å². The molecule has 2 aromatic rings. The lowest BCUT2D eigenvalue weighted by molar-refractivity contribution is 0.0457. The van der Waals surface area contributed by atoms with Crippen LogP contribution in [-0.4, -0.2) is 60.1 Å². The third kappa shape index (κ3) is 4.42. The van der Waals surface area contributed by atoms with Gasteiger partial charge in [-0.3, -0.25) is 14.7 Å². The highest BCUT2D eigenvalue weighted by Gasteiger charge is 2.43. The Bertz CT molecular complexity index is 773. The van der Waals surface area contributed by atoms with Crippen molar-refractivity contribution < 1.29 is 9.53 Å². The number of carbonyl (C=O) groups is 1. The molecule has 28 heavy (non-hydrogen) atoms. The number of likely N-dealkylation sites (N-methyl/N-ethyl adjacent to an activating group) is 1. The molecule has 2 saturated heterocycles. The van der Waals surface area contributed by atoms with Gasteiger partial charge < -0.3 is 9.64 Å². The Hall–Kier alpha value is -2.24. The van der Waals surface area contributed by atoms with Crippen LogP contribution in [0.5, 0.6) is 0 Å². The largest absolute Gasteiger partial charge is 0.376 e. The molecule has 3 heterocycles. The first-order valence-electron chi connectivity index (χ1n) is 10.2. The van der Waals surface area contributed by atoms with Crippen molar-refractivity contribution in [2.24, 2.45) is 5.41 Å². The van der Waals surface area contributed by atoms with Gasteiger partial charge in [0.05, 0.1) is 12.7 Å². The number of ether oxygens (including phenoxy) is 1. The number of piperidine rings is 1. The van der Waals surface area contributed by atoms with Crippen molar-refractivity contribution in [2.75, 3.05) is 33.3 Å². The monoisotopic (exact) mass is 379 g/mol. The molecule has 2 aliphatic heterocycles. The number of pyridine rings is 1. The van der Waals surface area contributed by atoms with Gasteiger partial charge in [0.25, 0.3) is 5.91 Å². The van der Waals surface area contributed by atoms with Gasteiger partial charge in [-0.15, -0.1) is 0 Å². The van der Waals surface area contributed by atoms with Crippen molar-refractivity contribution >= 4 is 5.91 Å². The van der Waals surface area contributed by atoms with E-state index < -0.39 is 0 Å². The summed E-state index contributed by atoms with van der Waals surface area (Å²) < 4.78 is 6.17. The molecule has 2 aliphatic rings. The van der Waals surface area contributed by atoms with E-state index in [1.807, 2.05) is 53.7 Å². The van der Waals surface area contributed by atoms with Gasteiger partial charge in [0.2, 0.25) is 0 Å². The number of benzene rings is 1. The zero-order valence-corrected chi connectivity index (χ0v) is 16.6. The van der Waals surface area contributed by atoms with Crippen molar-refractivity contribution in [1.82, 2.24) is 14.8 Å². The van der Waals surface area contributed by atoms with Gasteiger partial charge in [0.15, 0.2) is 0 Å². The minimum absolute atomic E-state index is 0.155. The van der Waals surface area contributed by atoms with E-state index >= 15 is 0 Å². The molecule has 2 fully saturated rings. The lowest BCUT2D eigenvalue weighted by Gasteiger charge is -2.38. The van der Waals surface area contributed by atoms with Gasteiger partial charge in [-0.1, -0.05) is 24.3 Å². The minimum atomic E-state index is 0.155. The molecule has 1 aromatic heterocycles. The number of rotatable bonds is 5. The molecule has 4 rings (SSSR count). The van der Waals surface area contributed by atoms with Crippen LogP contribution in [0.25, 0.3) is 0 Å². The Labute approximate surface area is 167 Å². The molecule has 0 aliphatic carbocycles. The second-order valence-corrected chi connectivity index (χ2v) is 8.35. The first-order chi connectivity index (χ1) is 13.6. The summed E-state index contributed by atoms with van der Waals surface area (Å²) in [5.41, 5.74) is 2.26. The van der Waals surface area contributed by atoms with Crippen LogP contribution in [0, 0.1) is 5.41 Å². The normalized spacial score (nSPS) is 21.4. The predicted octanol–water partition coefficient (Wildman–Crippen LogP) is 3.22. The molecule has 0 radical (unpaired) electrons. The molecular weight excluding hydrogens is 350 g/mol.